The predicted molar refractivity (Wildman–Crippen MR) is 147 cm³/mol. The number of carbonyl (C=O) groups is 2. The highest BCUT2D eigenvalue weighted by molar-refractivity contribution is 6.02. The fourth-order valence-corrected chi connectivity index (χ4v) is 5.75. The van der Waals surface area contributed by atoms with Crippen LogP contribution in [0.4, 0.5) is 0 Å². The number of carbonyl (C=O) groups excluding carboxylic acids is 2. The molecule has 0 fully saturated rings. The molecular weight excluding hydrogens is 494 g/mol. The number of aryl methyl sites for hydroxylation is 1. The number of ether oxygens (including phenoxy) is 3. The maximum absolute atomic E-state index is 14.1. The number of hydrogen-bond donors (Lipinski definition) is 1. The average Bonchev–Trinajstić information content (AvgIpc) is 3.31. The number of hydrogen-bond acceptors (Lipinski definition) is 5. The van der Waals surface area contributed by atoms with E-state index in [0.29, 0.717) is 36.8 Å². The molecule has 2 aliphatic rings. The maximum Gasteiger partial charge on any atom is 0.254 e. The highest BCUT2D eigenvalue weighted by atomic mass is 16.6. The summed E-state index contributed by atoms with van der Waals surface area (Å²) in [6.45, 7) is 1.33. The fraction of sp³-hybridized carbons (Fsp3) is 0.290. The van der Waals surface area contributed by atoms with Crippen LogP contribution in [0, 0.1) is 0 Å². The van der Waals surface area contributed by atoms with Gasteiger partial charge in [0.2, 0.25) is 5.91 Å². The van der Waals surface area contributed by atoms with Crippen LogP contribution in [0.5, 0.6) is 11.5 Å². The van der Waals surface area contributed by atoms with Gasteiger partial charge in [-0.25, -0.2) is 0 Å². The number of amides is 2. The lowest BCUT2D eigenvalue weighted by molar-refractivity contribution is -0.124. The minimum absolute atomic E-state index is 0.106. The molecular formula is C31H31N3O5. The Kier molecular flexibility index (Phi) is 6.70. The molecule has 1 aromatic heterocycles. The molecule has 3 unspecified atom stereocenters. The molecule has 1 N–H and O–H groups in total. The zero-order valence-corrected chi connectivity index (χ0v) is 22.0. The SMILES string of the molecule is COCCN1C(=O)c2ccccc2C(C(=O)NCC2COc3ccccc3O2)C1c1cn(C)c2ccccc12. The number of methoxy groups -OCH3 is 1. The second kappa shape index (κ2) is 10.5. The number of rotatable bonds is 7. The van der Waals surface area contributed by atoms with Gasteiger partial charge in [-0.15, -0.1) is 0 Å². The van der Waals surface area contributed by atoms with E-state index in [9.17, 15) is 9.59 Å². The molecule has 0 saturated heterocycles. The highest BCUT2D eigenvalue weighted by Crippen LogP contribution is 2.45. The van der Waals surface area contributed by atoms with Gasteiger partial charge in [0.25, 0.3) is 5.91 Å². The van der Waals surface area contributed by atoms with E-state index in [0.717, 1.165) is 22.0 Å². The van der Waals surface area contributed by atoms with E-state index < -0.39 is 12.0 Å². The van der Waals surface area contributed by atoms with Crippen molar-refractivity contribution in [3.63, 3.8) is 0 Å². The summed E-state index contributed by atoms with van der Waals surface area (Å²) in [7, 11) is 3.60. The molecule has 2 amide bonds. The van der Waals surface area contributed by atoms with Crippen LogP contribution in [0.25, 0.3) is 10.9 Å². The van der Waals surface area contributed by atoms with Gasteiger partial charge in [-0.1, -0.05) is 48.5 Å². The Labute approximate surface area is 227 Å². The predicted octanol–water partition coefficient (Wildman–Crippen LogP) is 4.06. The largest absolute Gasteiger partial charge is 0.486 e. The van der Waals surface area contributed by atoms with Crippen molar-refractivity contribution in [3.05, 3.63) is 95.7 Å². The standard InChI is InChI=1S/C31H31N3O5/c1-33-18-24(21-9-5-6-12-25(21)33)29-28(22-10-3-4-11-23(22)31(36)34(29)15-16-37-2)30(35)32-17-20-19-38-26-13-7-8-14-27(26)39-20/h3-14,18,20,28-29H,15-17,19H2,1-2H3,(H,32,35). The Balaban J connectivity index is 1.38. The van der Waals surface area contributed by atoms with Crippen LogP contribution in [0.15, 0.2) is 79.0 Å². The molecule has 39 heavy (non-hydrogen) atoms. The molecule has 3 atom stereocenters. The average molecular weight is 526 g/mol. The molecule has 0 bridgehead atoms. The minimum atomic E-state index is -0.627. The smallest absolute Gasteiger partial charge is 0.254 e. The summed E-state index contributed by atoms with van der Waals surface area (Å²) in [5, 5.41) is 4.13. The van der Waals surface area contributed by atoms with Gasteiger partial charge in [-0.2, -0.15) is 0 Å². The van der Waals surface area contributed by atoms with Gasteiger partial charge in [0.05, 0.1) is 25.1 Å². The van der Waals surface area contributed by atoms with E-state index in [-0.39, 0.29) is 24.5 Å². The number of aromatic nitrogens is 1. The summed E-state index contributed by atoms with van der Waals surface area (Å²) in [6, 6.07) is 22.5. The van der Waals surface area contributed by atoms with Crippen LogP contribution in [0.2, 0.25) is 0 Å². The molecule has 0 radical (unpaired) electrons. The molecule has 200 valence electrons. The van der Waals surface area contributed by atoms with Crippen molar-refractivity contribution in [2.75, 3.05) is 33.4 Å². The second-order valence-electron chi connectivity index (χ2n) is 9.96. The van der Waals surface area contributed by atoms with Crippen LogP contribution in [-0.2, 0) is 16.6 Å². The van der Waals surface area contributed by atoms with Crippen molar-refractivity contribution in [1.82, 2.24) is 14.8 Å². The first-order valence-corrected chi connectivity index (χ1v) is 13.2. The van der Waals surface area contributed by atoms with Gasteiger partial charge in [-0.05, 0) is 29.8 Å². The van der Waals surface area contributed by atoms with Crippen LogP contribution in [0.1, 0.15) is 33.4 Å². The van der Waals surface area contributed by atoms with Crippen molar-refractivity contribution in [2.24, 2.45) is 7.05 Å². The number of benzene rings is 3. The summed E-state index contributed by atoms with van der Waals surface area (Å²) in [6.07, 6.45) is 1.70. The second-order valence-corrected chi connectivity index (χ2v) is 9.96. The van der Waals surface area contributed by atoms with Gasteiger partial charge in [-0.3, -0.25) is 9.59 Å². The van der Waals surface area contributed by atoms with Crippen molar-refractivity contribution in [2.45, 2.75) is 18.1 Å². The lowest BCUT2D eigenvalue weighted by atomic mass is 9.79. The monoisotopic (exact) mass is 525 g/mol. The summed E-state index contributed by atoms with van der Waals surface area (Å²) >= 11 is 0. The first-order chi connectivity index (χ1) is 19.1. The lowest BCUT2D eigenvalue weighted by Crippen LogP contribution is -2.50. The Morgan fingerprint density at radius 3 is 2.59 bits per heavy atom. The molecule has 8 nitrogen and oxygen atoms in total. The molecule has 3 heterocycles. The molecule has 2 aliphatic heterocycles. The maximum atomic E-state index is 14.1. The van der Waals surface area contributed by atoms with E-state index in [4.69, 9.17) is 14.2 Å². The van der Waals surface area contributed by atoms with Gasteiger partial charge in [0.1, 0.15) is 12.7 Å². The number of nitrogens with one attached hydrogen (secondary N) is 1. The molecule has 4 aromatic rings. The van der Waals surface area contributed by atoms with E-state index >= 15 is 0 Å². The van der Waals surface area contributed by atoms with Crippen molar-refractivity contribution >= 4 is 22.7 Å². The van der Waals surface area contributed by atoms with E-state index in [1.807, 2.05) is 84.5 Å². The van der Waals surface area contributed by atoms with Crippen molar-refractivity contribution in [3.8, 4) is 11.5 Å². The quantitative estimate of drug-likeness (QED) is 0.394. The van der Waals surface area contributed by atoms with Crippen LogP contribution < -0.4 is 14.8 Å². The van der Waals surface area contributed by atoms with Gasteiger partial charge in [0.15, 0.2) is 11.5 Å². The first-order valence-electron chi connectivity index (χ1n) is 13.2. The first kappa shape index (κ1) is 25.0. The summed E-state index contributed by atoms with van der Waals surface area (Å²) < 4.78 is 19.3. The zero-order valence-electron chi connectivity index (χ0n) is 22.0. The zero-order chi connectivity index (χ0) is 26.9. The normalized spacial score (nSPS) is 20.1. The number of para-hydroxylation sites is 3. The summed E-state index contributed by atoms with van der Waals surface area (Å²) in [5.41, 5.74) is 3.23. The molecule has 6 rings (SSSR count). The minimum Gasteiger partial charge on any atom is -0.486 e. The van der Waals surface area contributed by atoms with Crippen LogP contribution >= 0.6 is 0 Å². The number of nitrogens with zero attached hydrogens (tertiary/aromatic N) is 2. The number of fused-ring (bicyclic) bond motifs is 3. The van der Waals surface area contributed by atoms with Crippen molar-refractivity contribution < 1.29 is 23.8 Å². The van der Waals surface area contributed by atoms with E-state index in [1.54, 1.807) is 18.1 Å². The Hall–Kier alpha value is -4.30. The molecule has 3 aromatic carbocycles. The molecule has 0 saturated carbocycles. The van der Waals surface area contributed by atoms with Crippen LogP contribution in [0.3, 0.4) is 0 Å². The summed E-state index contributed by atoms with van der Waals surface area (Å²) in [5.74, 6) is 0.460. The third-order valence-electron chi connectivity index (χ3n) is 7.58. The fourth-order valence-electron chi connectivity index (χ4n) is 5.75. The van der Waals surface area contributed by atoms with Crippen LogP contribution in [-0.4, -0.2) is 60.8 Å². The highest BCUT2D eigenvalue weighted by Gasteiger charge is 2.45. The van der Waals surface area contributed by atoms with Gasteiger partial charge in [0, 0.05) is 48.9 Å². The van der Waals surface area contributed by atoms with Gasteiger partial charge < -0.3 is 29.0 Å². The lowest BCUT2D eigenvalue weighted by Gasteiger charge is -2.41. The third kappa shape index (κ3) is 4.51. The molecule has 8 heteroatoms. The Morgan fingerprint density at radius 2 is 1.74 bits per heavy atom. The molecule has 0 aliphatic carbocycles. The molecule has 0 spiro atoms. The summed E-state index contributed by atoms with van der Waals surface area (Å²) in [4.78, 5) is 29.7. The Morgan fingerprint density at radius 1 is 1.00 bits per heavy atom. The van der Waals surface area contributed by atoms with Gasteiger partial charge >= 0.3 is 0 Å². The third-order valence-corrected chi connectivity index (χ3v) is 7.58. The topological polar surface area (TPSA) is 82.0 Å². The van der Waals surface area contributed by atoms with Crippen molar-refractivity contribution in [1.29, 1.82) is 0 Å². The van der Waals surface area contributed by atoms with E-state index in [1.165, 1.54) is 0 Å². The van der Waals surface area contributed by atoms with E-state index in [2.05, 4.69) is 5.32 Å². The Bertz CT molecular complexity index is 1530.